The fraction of sp³-hybridized carbons (Fsp3) is 0.214. The number of nitrogens with one attached hydrogen (secondary N) is 1. The van der Waals surface area contributed by atoms with Crippen molar-refractivity contribution < 1.29 is 4.79 Å². The van der Waals surface area contributed by atoms with Gasteiger partial charge in [0.2, 0.25) is 0 Å². The van der Waals surface area contributed by atoms with Crippen molar-refractivity contribution in [3.05, 3.63) is 47.5 Å². The molecule has 0 aromatic heterocycles. The van der Waals surface area contributed by atoms with Crippen LogP contribution in [0.15, 0.2) is 36.4 Å². The maximum atomic E-state index is 10.6. The van der Waals surface area contributed by atoms with Gasteiger partial charge in [-0.2, -0.15) is 0 Å². The van der Waals surface area contributed by atoms with Crippen molar-refractivity contribution in [2.45, 2.75) is 13.3 Å². The van der Waals surface area contributed by atoms with Crippen molar-refractivity contribution in [3.63, 3.8) is 0 Å². The van der Waals surface area contributed by atoms with Gasteiger partial charge >= 0.3 is 6.03 Å². The monoisotopic (exact) mass is 228 g/mol. The highest BCUT2D eigenvalue weighted by Crippen LogP contribution is 2.17. The van der Waals surface area contributed by atoms with Gasteiger partial charge < -0.3 is 11.1 Å². The van der Waals surface area contributed by atoms with Gasteiger partial charge in [0.05, 0.1) is 0 Å². The van der Waals surface area contributed by atoms with E-state index in [2.05, 4.69) is 48.6 Å². The van der Waals surface area contributed by atoms with E-state index in [1.54, 1.807) is 0 Å². The molecule has 3 nitrogen and oxygen atoms in total. The van der Waals surface area contributed by atoms with Crippen molar-refractivity contribution in [1.82, 2.24) is 5.32 Å². The van der Waals surface area contributed by atoms with Gasteiger partial charge in [0.1, 0.15) is 0 Å². The van der Waals surface area contributed by atoms with E-state index >= 15 is 0 Å². The first kappa shape index (κ1) is 11.5. The molecule has 3 heteroatoms. The summed E-state index contributed by atoms with van der Waals surface area (Å²) in [5.74, 6) is 0. The Balaban J connectivity index is 2.14. The molecule has 2 rings (SSSR count). The molecular formula is C14H16N2O. The van der Waals surface area contributed by atoms with Crippen LogP contribution in [0.25, 0.3) is 10.8 Å². The molecule has 0 unspecified atom stereocenters. The summed E-state index contributed by atoms with van der Waals surface area (Å²) in [5, 5.41) is 5.07. The van der Waals surface area contributed by atoms with Crippen molar-refractivity contribution >= 4 is 16.8 Å². The highest BCUT2D eigenvalue weighted by molar-refractivity contribution is 5.83. The minimum absolute atomic E-state index is 0.471. The molecule has 0 heterocycles. The SMILES string of the molecule is Cc1ccc2cc(CCNC(N)=O)ccc2c1. The Labute approximate surface area is 101 Å². The number of hydrogen-bond donors (Lipinski definition) is 2. The van der Waals surface area contributed by atoms with E-state index in [4.69, 9.17) is 5.73 Å². The molecule has 0 saturated heterocycles. The van der Waals surface area contributed by atoms with Crippen LogP contribution in [0.1, 0.15) is 11.1 Å². The Hall–Kier alpha value is -2.03. The average molecular weight is 228 g/mol. The number of carbonyl (C=O) groups excluding carboxylic acids is 1. The molecule has 88 valence electrons. The van der Waals surface area contributed by atoms with Gasteiger partial charge in [-0.05, 0) is 29.7 Å². The second kappa shape index (κ2) is 4.87. The van der Waals surface area contributed by atoms with Crippen LogP contribution in [0.5, 0.6) is 0 Å². The molecule has 0 radical (unpaired) electrons. The minimum Gasteiger partial charge on any atom is -0.352 e. The van der Waals surface area contributed by atoms with Crippen molar-refractivity contribution in [2.75, 3.05) is 6.54 Å². The number of urea groups is 1. The third-order valence-corrected chi connectivity index (χ3v) is 2.77. The van der Waals surface area contributed by atoms with Gasteiger partial charge in [-0.25, -0.2) is 4.79 Å². The molecule has 0 spiro atoms. The van der Waals surface area contributed by atoms with Crippen LogP contribution in [0, 0.1) is 6.92 Å². The van der Waals surface area contributed by atoms with Gasteiger partial charge in [0.25, 0.3) is 0 Å². The highest BCUT2D eigenvalue weighted by Gasteiger charge is 1.98. The van der Waals surface area contributed by atoms with Crippen LogP contribution in [-0.4, -0.2) is 12.6 Å². The number of amides is 2. The number of rotatable bonds is 3. The first-order valence-electron chi connectivity index (χ1n) is 5.68. The van der Waals surface area contributed by atoms with Crippen molar-refractivity contribution in [3.8, 4) is 0 Å². The second-order valence-electron chi connectivity index (χ2n) is 4.23. The van der Waals surface area contributed by atoms with Gasteiger partial charge in [-0.3, -0.25) is 0 Å². The lowest BCUT2D eigenvalue weighted by molar-refractivity contribution is 0.249. The predicted molar refractivity (Wildman–Crippen MR) is 70.0 cm³/mol. The van der Waals surface area contributed by atoms with E-state index in [0.29, 0.717) is 6.54 Å². The number of primary amides is 1. The Morgan fingerprint density at radius 1 is 1.18 bits per heavy atom. The van der Waals surface area contributed by atoms with Crippen molar-refractivity contribution in [2.24, 2.45) is 5.73 Å². The molecular weight excluding hydrogens is 212 g/mol. The molecule has 2 aromatic rings. The Bertz CT molecular complexity index is 549. The summed E-state index contributed by atoms with van der Waals surface area (Å²) in [5.41, 5.74) is 7.48. The van der Waals surface area contributed by atoms with E-state index in [9.17, 15) is 4.79 Å². The Kier molecular flexibility index (Phi) is 3.28. The number of nitrogens with two attached hydrogens (primary N) is 1. The maximum Gasteiger partial charge on any atom is 0.312 e. The smallest absolute Gasteiger partial charge is 0.312 e. The van der Waals surface area contributed by atoms with Gasteiger partial charge in [-0.15, -0.1) is 0 Å². The molecule has 17 heavy (non-hydrogen) atoms. The van der Waals surface area contributed by atoms with E-state index in [-0.39, 0.29) is 0 Å². The number of aryl methyl sites for hydroxylation is 1. The van der Waals surface area contributed by atoms with E-state index in [1.807, 2.05) is 0 Å². The third kappa shape index (κ3) is 2.97. The molecule has 0 saturated carbocycles. The van der Waals surface area contributed by atoms with Crippen molar-refractivity contribution in [1.29, 1.82) is 0 Å². The van der Waals surface area contributed by atoms with Crippen LogP contribution in [0.3, 0.4) is 0 Å². The van der Waals surface area contributed by atoms with Gasteiger partial charge in [0, 0.05) is 6.54 Å². The van der Waals surface area contributed by atoms with Crippen LogP contribution in [0.4, 0.5) is 4.79 Å². The van der Waals surface area contributed by atoms with E-state index in [0.717, 1.165) is 6.42 Å². The molecule has 0 bridgehead atoms. The summed E-state index contributed by atoms with van der Waals surface area (Å²) in [6, 6.07) is 12.3. The number of benzene rings is 2. The molecule has 3 N–H and O–H groups in total. The zero-order chi connectivity index (χ0) is 12.3. The minimum atomic E-state index is -0.471. The lowest BCUT2D eigenvalue weighted by atomic mass is 10.0. The van der Waals surface area contributed by atoms with E-state index in [1.165, 1.54) is 21.9 Å². The summed E-state index contributed by atoms with van der Waals surface area (Å²) in [6.07, 6.45) is 0.798. The fourth-order valence-corrected chi connectivity index (χ4v) is 1.90. The summed E-state index contributed by atoms with van der Waals surface area (Å²) in [7, 11) is 0. The van der Waals surface area contributed by atoms with E-state index < -0.39 is 6.03 Å². The molecule has 0 aliphatic heterocycles. The van der Waals surface area contributed by atoms with Crippen LogP contribution >= 0.6 is 0 Å². The summed E-state index contributed by atoms with van der Waals surface area (Å²) in [4.78, 5) is 10.6. The zero-order valence-electron chi connectivity index (χ0n) is 9.86. The molecule has 0 fully saturated rings. The number of hydrogen-bond acceptors (Lipinski definition) is 1. The summed E-state index contributed by atoms with van der Waals surface area (Å²) in [6.45, 7) is 2.66. The average Bonchev–Trinajstić information content (AvgIpc) is 2.29. The third-order valence-electron chi connectivity index (χ3n) is 2.77. The number of carbonyl (C=O) groups is 1. The maximum absolute atomic E-state index is 10.6. The molecule has 2 aromatic carbocycles. The first-order valence-corrected chi connectivity index (χ1v) is 5.68. The second-order valence-corrected chi connectivity index (χ2v) is 4.23. The topological polar surface area (TPSA) is 55.1 Å². The Morgan fingerprint density at radius 3 is 2.65 bits per heavy atom. The first-order chi connectivity index (χ1) is 8.15. The quantitative estimate of drug-likeness (QED) is 0.832. The largest absolute Gasteiger partial charge is 0.352 e. The number of fused-ring (bicyclic) bond motifs is 1. The van der Waals surface area contributed by atoms with Gasteiger partial charge in [0.15, 0.2) is 0 Å². The molecule has 0 atom stereocenters. The normalized spacial score (nSPS) is 10.4. The van der Waals surface area contributed by atoms with Gasteiger partial charge in [-0.1, -0.05) is 42.0 Å². The van der Waals surface area contributed by atoms with Crippen LogP contribution in [-0.2, 0) is 6.42 Å². The van der Waals surface area contributed by atoms with Crippen LogP contribution in [0.2, 0.25) is 0 Å². The fourth-order valence-electron chi connectivity index (χ4n) is 1.90. The zero-order valence-corrected chi connectivity index (χ0v) is 9.86. The lowest BCUT2D eigenvalue weighted by Crippen LogP contribution is -2.30. The standard InChI is InChI=1S/C14H16N2O/c1-10-2-4-13-9-11(3-5-12(13)8-10)6-7-16-14(15)17/h2-5,8-9H,6-7H2,1H3,(H3,15,16,17). The lowest BCUT2D eigenvalue weighted by Gasteiger charge is -2.05. The van der Waals surface area contributed by atoms with Crippen LogP contribution < -0.4 is 11.1 Å². The summed E-state index contributed by atoms with van der Waals surface area (Å²) < 4.78 is 0. The Morgan fingerprint density at radius 2 is 1.88 bits per heavy atom. The summed E-state index contributed by atoms with van der Waals surface area (Å²) >= 11 is 0. The molecule has 0 aliphatic rings. The molecule has 2 amide bonds. The predicted octanol–water partition coefficient (Wildman–Crippen LogP) is 2.36. The molecule has 0 aliphatic carbocycles. The highest BCUT2D eigenvalue weighted by atomic mass is 16.2.